The second kappa shape index (κ2) is 11.5. The maximum atomic E-state index is 14.3. The molecule has 6 nitrogen and oxygen atoms in total. The zero-order chi connectivity index (χ0) is 28.6. The Morgan fingerprint density at radius 3 is 2.27 bits per heavy atom. The number of aryl methyl sites for hydroxylation is 1. The Labute approximate surface area is 242 Å². The molecule has 4 saturated carbocycles. The molecule has 216 valence electrons. The first-order chi connectivity index (χ1) is 19.8. The smallest absolute Gasteiger partial charge is 0.242 e. The van der Waals surface area contributed by atoms with Gasteiger partial charge in [-0.05, 0) is 87.3 Å². The van der Waals surface area contributed by atoms with Crippen molar-refractivity contribution in [2.45, 2.75) is 78.3 Å². The summed E-state index contributed by atoms with van der Waals surface area (Å²) < 4.78 is 5.82. The number of carbonyl (C=O) groups is 2. The Kier molecular flexibility index (Phi) is 7.76. The van der Waals surface area contributed by atoms with Crippen LogP contribution >= 0.6 is 0 Å². The van der Waals surface area contributed by atoms with E-state index >= 15 is 0 Å². The fourth-order valence-electron chi connectivity index (χ4n) is 8.21. The fraction of sp³-hybridized carbons (Fsp3) is 0.514. The molecule has 4 aliphatic rings. The molecule has 2 aromatic carbocycles. The van der Waals surface area contributed by atoms with Crippen molar-refractivity contribution < 1.29 is 14.0 Å². The average Bonchev–Trinajstić information content (AvgIpc) is 2.96. The van der Waals surface area contributed by atoms with Crippen LogP contribution in [-0.4, -0.2) is 34.7 Å². The zero-order valence-corrected chi connectivity index (χ0v) is 24.4. The van der Waals surface area contributed by atoms with Gasteiger partial charge in [0.05, 0.1) is 35.7 Å². The minimum atomic E-state index is -0.287. The molecular weight excluding hydrogens is 512 g/mol. The van der Waals surface area contributed by atoms with Gasteiger partial charge in [0.2, 0.25) is 11.8 Å². The number of unbranched alkanes of at least 4 members (excludes halogenated alkanes) is 1. The Hall–Kier alpha value is -3.41. The molecule has 6 heteroatoms. The molecule has 1 aromatic heterocycles. The van der Waals surface area contributed by atoms with Crippen molar-refractivity contribution in [2.75, 3.05) is 13.1 Å². The molecule has 7 rings (SSSR count). The van der Waals surface area contributed by atoms with Gasteiger partial charge in [0.25, 0.3) is 0 Å². The first-order valence-electron chi connectivity index (χ1n) is 15.5. The molecule has 3 aromatic rings. The summed E-state index contributed by atoms with van der Waals surface area (Å²) in [5, 5.41) is 0.524. The number of rotatable bonds is 10. The highest BCUT2D eigenvalue weighted by atomic mass is 16.3. The highest BCUT2D eigenvalue weighted by molar-refractivity contribution is 5.88. The first-order valence-corrected chi connectivity index (χ1v) is 15.5. The predicted molar refractivity (Wildman–Crippen MR) is 160 cm³/mol. The van der Waals surface area contributed by atoms with Crippen LogP contribution in [0.3, 0.4) is 0 Å². The van der Waals surface area contributed by atoms with Gasteiger partial charge in [-0.2, -0.15) is 0 Å². The standard InChI is InChI=1S/C35H42N2O4/c1-3-4-12-36(34(40)35-17-26-14-27(18-35)16-28(15-26)19-35)22-32(38)37(20-25-8-6-5-7-9-25)21-29-23-41-31-11-10-24(2)13-30(31)33(29)39/h5-11,13,23,26-28H,3-4,12,14-22H2,1-2H3. The molecule has 4 bridgehead atoms. The molecule has 0 atom stereocenters. The van der Waals surface area contributed by atoms with Crippen molar-refractivity contribution in [3.05, 3.63) is 81.7 Å². The van der Waals surface area contributed by atoms with Crippen LogP contribution in [0.2, 0.25) is 0 Å². The van der Waals surface area contributed by atoms with E-state index in [1.807, 2.05) is 60.4 Å². The largest absolute Gasteiger partial charge is 0.464 e. The van der Waals surface area contributed by atoms with Gasteiger partial charge in [-0.1, -0.05) is 55.3 Å². The summed E-state index contributed by atoms with van der Waals surface area (Å²) >= 11 is 0. The average molecular weight is 555 g/mol. The second-order valence-corrected chi connectivity index (χ2v) is 13.1. The van der Waals surface area contributed by atoms with Gasteiger partial charge in [-0.3, -0.25) is 14.4 Å². The van der Waals surface area contributed by atoms with E-state index < -0.39 is 0 Å². The van der Waals surface area contributed by atoms with Gasteiger partial charge in [-0.15, -0.1) is 0 Å². The summed E-state index contributed by atoms with van der Waals surface area (Å²) in [5.74, 6) is 2.06. The van der Waals surface area contributed by atoms with E-state index in [0.717, 1.165) is 43.2 Å². The van der Waals surface area contributed by atoms with Crippen LogP contribution in [-0.2, 0) is 22.7 Å². The highest BCUT2D eigenvalue weighted by Crippen LogP contribution is 2.60. The van der Waals surface area contributed by atoms with Gasteiger partial charge in [0.15, 0.2) is 5.43 Å². The van der Waals surface area contributed by atoms with Crippen LogP contribution in [0.25, 0.3) is 11.0 Å². The van der Waals surface area contributed by atoms with Crippen molar-refractivity contribution in [3.8, 4) is 0 Å². The van der Waals surface area contributed by atoms with Crippen molar-refractivity contribution >= 4 is 22.8 Å². The SMILES string of the molecule is CCCCN(CC(=O)N(Cc1ccccc1)Cc1coc2ccc(C)cc2c1=O)C(=O)C12CC3CC(CC(C3)C1)C2. The monoisotopic (exact) mass is 554 g/mol. The normalized spacial score (nSPS) is 24.5. The molecule has 2 amide bonds. The number of hydrogen-bond acceptors (Lipinski definition) is 4. The lowest BCUT2D eigenvalue weighted by Gasteiger charge is -2.56. The maximum Gasteiger partial charge on any atom is 0.242 e. The van der Waals surface area contributed by atoms with E-state index in [0.29, 0.717) is 47.4 Å². The molecule has 4 fully saturated rings. The number of carbonyl (C=O) groups excluding carboxylic acids is 2. The molecule has 41 heavy (non-hydrogen) atoms. The molecule has 1 heterocycles. The molecule has 0 radical (unpaired) electrons. The molecule has 4 aliphatic carbocycles. The van der Waals surface area contributed by atoms with E-state index in [2.05, 4.69) is 6.92 Å². The zero-order valence-electron chi connectivity index (χ0n) is 24.4. The van der Waals surface area contributed by atoms with Gasteiger partial charge in [0, 0.05) is 13.1 Å². The summed E-state index contributed by atoms with van der Waals surface area (Å²) in [6.07, 6.45) is 10.1. The molecule has 0 spiro atoms. The quantitative estimate of drug-likeness (QED) is 0.288. The topological polar surface area (TPSA) is 70.8 Å². The summed E-state index contributed by atoms with van der Waals surface area (Å²) in [6, 6.07) is 15.4. The lowest BCUT2D eigenvalue weighted by Crippen LogP contribution is -2.56. The molecule has 0 aliphatic heterocycles. The van der Waals surface area contributed by atoms with Crippen LogP contribution in [0, 0.1) is 30.1 Å². The number of fused-ring (bicyclic) bond motifs is 1. The van der Waals surface area contributed by atoms with E-state index in [1.54, 1.807) is 4.90 Å². The lowest BCUT2D eigenvalue weighted by atomic mass is 9.49. The summed E-state index contributed by atoms with van der Waals surface area (Å²) in [4.78, 5) is 45.4. The van der Waals surface area contributed by atoms with Crippen molar-refractivity contribution in [1.29, 1.82) is 0 Å². The van der Waals surface area contributed by atoms with Crippen LogP contribution in [0.5, 0.6) is 0 Å². The van der Waals surface area contributed by atoms with Gasteiger partial charge >= 0.3 is 0 Å². The molecular formula is C35H42N2O4. The highest BCUT2D eigenvalue weighted by Gasteiger charge is 2.55. The van der Waals surface area contributed by atoms with Gasteiger partial charge < -0.3 is 14.2 Å². The number of hydrogen-bond donors (Lipinski definition) is 0. The minimum absolute atomic E-state index is 0.0471. The number of nitrogens with zero attached hydrogens (tertiary/aromatic N) is 2. The van der Waals surface area contributed by atoms with Crippen molar-refractivity contribution in [1.82, 2.24) is 9.80 Å². The van der Waals surface area contributed by atoms with Crippen LogP contribution in [0.15, 0.2) is 64.0 Å². The third-order valence-corrected chi connectivity index (χ3v) is 9.82. The maximum absolute atomic E-state index is 14.3. The van der Waals surface area contributed by atoms with Crippen LogP contribution < -0.4 is 5.43 Å². The van der Waals surface area contributed by atoms with E-state index in [9.17, 15) is 14.4 Å². The van der Waals surface area contributed by atoms with Crippen molar-refractivity contribution in [3.63, 3.8) is 0 Å². The van der Waals surface area contributed by atoms with Gasteiger partial charge in [-0.25, -0.2) is 0 Å². The summed E-state index contributed by atoms with van der Waals surface area (Å²) in [6.45, 7) is 5.20. The first kappa shape index (κ1) is 27.7. The van der Waals surface area contributed by atoms with E-state index in [1.165, 1.54) is 25.5 Å². The van der Waals surface area contributed by atoms with Crippen molar-refractivity contribution in [2.24, 2.45) is 23.2 Å². The van der Waals surface area contributed by atoms with Gasteiger partial charge in [0.1, 0.15) is 5.58 Å². The Morgan fingerprint density at radius 2 is 1.61 bits per heavy atom. The predicted octanol–water partition coefficient (Wildman–Crippen LogP) is 6.48. The Balaban J connectivity index is 1.27. The van der Waals surface area contributed by atoms with E-state index in [-0.39, 0.29) is 35.7 Å². The fourth-order valence-corrected chi connectivity index (χ4v) is 8.21. The lowest BCUT2D eigenvalue weighted by molar-refractivity contribution is -0.160. The van der Waals surface area contributed by atoms with E-state index in [4.69, 9.17) is 4.42 Å². The van der Waals surface area contributed by atoms with Crippen LogP contribution in [0.4, 0.5) is 0 Å². The minimum Gasteiger partial charge on any atom is -0.464 e. The van der Waals surface area contributed by atoms with Crippen LogP contribution in [0.1, 0.15) is 75.0 Å². The number of amides is 2. The number of benzene rings is 2. The summed E-state index contributed by atoms with van der Waals surface area (Å²) in [5.41, 5.74) is 2.54. The second-order valence-electron chi connectivity index (χ2n) is 13.1. The molecule has 0 unspecified atom stereocenters. The summed E-state index contributed by atoms with van der Waals surface area (Å²) in [7, 11) is 0. The molecule has 0 saturated heterocycles. The Morgan fingerprint density at radius 1 is 0.927 bits per heavy atom. The Bertz CT molecular complexity index is 1440. The third kappa shape index (κ3) is 5.71. The molecule has 0 N–H and O–H groups in total. The third-order valence-electron chi connectivity index (χ3n) is 9.82.